The first-order chi connectivity index (χ1) is 10.8. The summed E-state index contributed by atoms with van der Waals surface area (Å²) in [7, 11) is 0. The van der Waals surface area contributed by atoms with E-state index in [1.165, 1.54) is 23.5 Å². The van der Waals surface area contributed by atoms with Crippen molar-refractivity contribution in [1.29, 1.82) is 0 Å². The van der Waals surface area contributed by atoms with E-state index in [2.05, 4.69) is 22.4 Å². The van der Waals surface area contributed by atoms with Gasteiger partial charge in [-0.3, -0.25) is 9.79 Å². The monoisotopic (exact) mass is 354 g/mol. The Balaban J connectivity index is 1.47. The van der Waals surface area contributed by atoms with Crippen LogP contribution in [0, 0.1) is 0 Å². The van der Waals surface area contributed by atoms with E-state index in [1.807, 2.05) is 35.7 Å². The number of thioether (sulfide) groups is 3. The lowest BCUT2D eigenvalue weighted by atomic mass is 10.2. The fourth-order valence-corrected chi connectivity index (χ4v) is 5.76. The van der Waals surface area contributed by atoms with E-state index in [9.17, 15) is 4.79 Å². The molecule has 1 fully saturated rings. The van der Waals surface area contributed by atoms with Crippen LogP contribution in [-0.4, -0.2) is 41.5 Å². The van der Waals surface area contributed by atoms with Gasteiger partial charge in [-0.1, -0.05) is 23.9 Å². The minimum atomic E-state index is -0.157. The smallest absolute Gasteiger partial charge is 0.263 e. The van der Waals surface area contributed by atoms with Crippen LogP contribution in [0.25, 0.3) is 0 Å². The van der Waals surface area contributed by atoms with Crippen molar-refractivity contribution in [3.63, 3.8) is 0 Å². The van der Waals surface area contributed by atoms with Crippen LogP contribution in [-0.2, 0) is 4.79 Å². The minimum Gasteiger partial charge on any atom is -0.484 e. The highest BCUT2D eigenvalue weighted by molar-refractivity contribution is 8.16. The third-order valence-corrected chi connectivity index (χ3v) is 7.09. The molecule has 0 aromatic heterocycles. The molecule has 0 atom stereocenters. The van der Waals surface area contributed by atoms with Gasteiger partial charge >= 0.3 is 0 Å². The molecule has 1 N–H and O–H groups in total. The summed E-state index contributed by atoms with van der Waals surface area (Å²) in [4.78, 5) is 15.9. The van der Waals surface area contributed by atoms with E-state index in [0.717, 1.165) is 18.0 Å². The zero-order valence-electron chi connectivity index (χ0n) is 12.1. The van der Waals surface area contributed by atoms with Crippen LogP contribution >= 0.6 is 35.3 Å². The number of benzene rings is 1. The van der Waals surface area contributed by atoms with Crippen LogP contribution in [0.3, 0.4) is 0 Å². The Morgan fingerprint density at radius 2 is 2.00 bits per heavy atom. The molecule has 118 valence electrons. The Labute approximate surface area is 143 Å². The summed E-state index contributed by atoms with van der Waals surface area (Å²) in [5.74, 6) is 3.98. The second-order valence-electron chi connectivity index (χ2n) is 4.87. The molecule has 1 aromatic rings. The number of ether oxygens (including phenoxy) is 1. The van der Waals surface area contributed by atoms with E-state index >= 15 is 0 Å². The van der Waals surface area contributed by atoms with Crippen molar-refractivity contribution in [2.45, 2.75) is 11.0 Å². The first-order valence-corrected chi connectivity index (χ1v) is 10.3. The van der Waals surface area contributed by atoms with Crippen LogP contribution in [0.2, 0.25) is 0 Å². The van der Waals surface area contributed by atoms with Gasteiger partial charge < -0.3 is 10.1 Å². The summed E-state index contributed by atoms with van der Waals surface area (Å²) in [6, 6.07) is 8.08. The molecule has 0 bridgehead atoms. The highest BCUT2D eigenvalue weighted by Gasteiger charge is 2.16. The van der Waals surface area contributed by atoms with Gasteiger partial charge in [0.15, 0.2) is 11.8 Å². The molecule has 3 rings (SSSR count). The number of carbonyl (C=O) groups excluding carboxylic acids is 1. The van der Waals surface area contributed by atoms with Crippen molar-refractivity contribution in [2.75, 3.05) is 30.4 Å². The van der Waals surface area contributed by atoms with Crippen molar-refractivity contribution >= 4 is 46.4 Å². The van der Waals surface area contributed by atoms with Crippen molar-refractivity contribution in [3.05, 3.63) is 29.8 Å². The van der Waals surface area contributed by atoms with Crippen molar-refractivity contribution in [3.8, 4) is 5.75 Å². The van der Waals surface area contributed by atoms with Crippen molar-refractivity contribution in [2.24, 2.45) is 4.99 Å². The number of carbonyl (C=O) groups is 1. The number of hydrogen-bond acceptors (Lipinski definition) is 6. The predicted octanol–water partition coefficient (Wildman–Crippen LogP) is 3.15. The highest BCUT2D eigenvalue weighted by atomic mass is 32.2. The molecule has 1 aromatic carbocycles. The molecular formula is C15H18N2O2S3. The molecule has 2 heterocycles. The van der Waals surface area contributed by atoms with Crippen LogP contribution in [0.15, 0.2) is 29.3 Å². The van der Waals surface area contributed by atoms with Gasteiger partial charge in [0.25, 0.3) is 5.91 Å². The first-order valence-electron chi connectivity index (χ1n) is 7.24. The zero-order valence-corrected chi connectivity index (χ0v) is 14.6. The lowest BCUT2D eigenvalue weighted by Crippen LogP contribution is -2.32. The topological polar surface area (TPSA) is 50.7 Å². The van der Waals surface area contributed by atoms with Gasteiger partial charge in [-0.2, -0.15) is 0 Å². The Hall–Kier alpha value is -0.790. The molecule has 0 spiro atoms. The second-order valence-corrected chi connectivity index (χ2v) is 8.68. The molecule has 2 aliphatic heterocycles. The van der Waals surface area contributed by atoms with Crippen LogP contribution < -0.4 is 10.1 Å². The van der Waals surface area contributed by atoms with Crippen LogP contribution in [0.5, 0.6) is 5.75 Å². The molecule has 22 heavy (non-hydrogen) atoms. The normalized spacial score (nSPS) is 18.8. The fourth-order valence-electron chi connectivity index (χ4n) is 2.12. The molecule has 1 saturated heterocycles. The Bertz CT molecular complexity index is 542. The maximum absolute atomic E-state index is 11.7. The average molecular weight is 355 g/mol. The highest BCUT2D eigenvalue weighted by Crippen LogP contribution is 2.43. The number of nitrogens with zero attached hydrogens (tertiary/aromatic N) is 1. The number of amidine groups is 1. The van der Waals surface area contributed by atoms with E-state index in [1.54, 1.807) is 11.8 Å². The number of hydrogen-bond donors (Lipinski definition) is 1. The maximum atomic E-state index is 11.7. The standard InChI is InChI=1S/C15H18N2O2S3/c18-13(17-15-16-6-9-22-15)10-19-12-4-2-11(3-5-12)14-20-7-1-8-21-14/h2-5,14H,1,6-10H2,(H,16,17,18). The van der Waals surface area contributed by atoms with Crippen LogP contribution in [0.4, 0.5) is 0 Å². The lowest BCUT2D eigenvalue weighted by molar-refractivity contribution is -0.121. The molecule has 4 nitrogen and oxygen atoms in total. The molecule has 0 aliphatic carbocycles. The third-order valence-electron chi connectivity index (χ3n) is 3.18. The quantitative estimate of drug-likeness (QED) is 0.900. The summed E-state index contributed by atoms with van der Waals surface area (Å²) in [5.41, 5.74) is 1.32. The SMILES string of the molecule is O=C(COc1ccc(C2SCCCS2)cc1)NC1=NCCS1. The van der Waals surface area contributed by atoms with E-state index in [0.29, 0.717) is 9.75 Å². The predicted molar refractivity (Wildman–Crippen MR) is 97.1 cm³/mol. The van der Waals surface area contributed by atoms with E-state index in [4.69, 9.17) is 4.74 Å². The molecule has 0 radical (unpaired) electrons. The number of aliphatic imine (C=N–C) groups is 1. The lowest BCUT2D eigenvalue weighted by Gasteiger charge is -2.21. The number of rotatable bonds is 4. The summed E-state index contributed by atoms with van der Waals surface area (Å²) in [6.07, 6.45) is 1.30. The van der Waals surface area contributed by atoms with Gasteiger partial charge in [0, 0.05) is 5.75 Å². The fraction of sp³-hybridized carbons (Fsp3) is 0.467. The third kappa shape index (κ3) is 4.60. The molecule has 0 unspecified atom stereocenters. The minimum absolute atomic E-state index is 0.0197. The summed E-state index contributed by atoms with van der Waals surface area (Å²) in [5, 5.41) is 3.46. The molecular weight excluding hydrogens is 336 g/mol. The van der Waals surface area contributed by atoms with Gasteiger partial charge in [-0.05, 0) is 35.6 Å². The van der Waals surface area contributed by atoms with Gasteiger partial charge in [-0.15, -0.1) is 23.5 Å². The van der Waals surface area contributed by atoms with E-state index < -0.39 is 0 Å². The summed E-state index contributed by atoms with van der Waals surface area (Å²) < 4.78 is 6.06. The van der Waals surface area contributed by atoms with Gasteiger partial charge in [0.05, 0.1) is 11.1 Å². The molecule has 7 heteroatoms. The Morgan fingerprint density at radius 3 is 2.68 bits per heavy atom. The van der Waals surface area contributed by atoms with Gasteiger partial charge in [0.1, 0.15) is 5.75 Å². The molecule has 2 aliphatic rings. The van der Waals surface area contributed by atoms with Gasteiger partial charge in [0.2, 0.25) is 0 Å². The summed E-state index contributed by atoms with van der Waals surface area (Å²) in [6.45, 7) is 0.797. The number of amides is 1. The van der Waals surface area contributed by atoms with Crippen LogP contribution in [0.1, 0.15) is 16.6 Å². The van der Waals surface area contributed by atoms with Gasteiger partial charge in [-0.25, -0.2) is 0 Å². The Kier molecular flexibility index (Phi) is 5.97. The summed E-state index contributed by atoms with van der Waals surface area (Å²) >= 11 is 5.57. The Morgan fingerprint density at radius 1 is 1.23 bits per heavy atom. The second kappa shape index (κ2) is 8.17. The molecule has 0 saturated carbocycles. The number of nitrogens with one attached hydrogen (secondary N) is 1. The van der Waals surface area contributed by atoms with Crippen molar-refractivity contribution in [1.82, 2.24) is 5.32 Å². The maximum Gasteiger partial charge on any atom is 0.263 e. The van der Waals surface area contributed by atoms with Crippen molar-refractivity contribution < 1.29 is 9.53 Å². The average Bonchev–Trinajstić information content (AvgIpc) is 3.07. The first kappa shape index (κ1) is 16.1. The largest absolute Gasteiger partial charge is 0.484 e. The molecule has 1 amide bonds. The van der Waals surface area contributed by atoms with E-state index in [-0.39, 0.29) is 12.5 Å². The zero-order chi connectivity index (χ0) is 15.2.